The van der Waals surface area contributed by atoms with Crippen molar-refractivity contribution < 1.29 is 14.3 Å². The van der Waals surface area contributed by atoms with Gasteiger partial charge >= 0.3 is 0 Å². The summed E-state index contributed by atoms with van der Waals surface area (Å²) in [4.78, 5) is 24.0. The Morgan fingerprint density at radius 3 is 2.42 bits per heavy atom. The summed E-state index contributed by atoms with van der Waals surface area (Å²) in [6.07, 6.45) is 7.24. The second-order valence-corrected chi connectivity index (χ2v) is 9.55. The van der Waals surface area contributed by atoms with E-state index in [0.717, 1.165) is 24.0 Å². The number of ether oxygens (including phenoxy) is 1. The predicted octanol–water partition coefficient (Wildman–Crippen LogP) is 5.20. The number of hydrogen-bond acceptors (Lipinski definition) is 5. The molecule has 0 radical (unpaired) electrons. The first-order valence-corrected chi connectivity index (χ1v) is 12.8. The van der Waals surface area contributed by atoms with Gasteiger partial charge in [-0.15, -0.1) is 11.8 Å². The maximum Gasteiger partial charge on any atom is 0.258 e. The van der Waals surface area contributed by atoms with Crippen LogP contribution in [0.25, 0.3) is 0 Å². The molecular weight excluding hydrogens is 481 g/mol. The Labute approximate surface area is 208 Å². The van der Waals surface area contributed by atoms with Gasteiger partial charge in [0.2, 0.25) is 5.91 Å². The van der Waals surface area contributed by atoms with Gasteiger partial charge in [0.05, 0.1) is 12.0 Å². The number of carbonyl (C=O) groups is 2. The van der Waals surface area contributed by atoms with Gasteiger partial charge in [0.25, 0.3) is 5.91 Å². The Bertz CT molecular complexity index is 944. The number of rotatable bonds is 10. The Balaban J connectivity index is 1.34. The number of benzene rings is 2. The van der Waals surface area contributed by atoms with E-state index in [2.05, 4.69) is 15.8 Å². The smallest absolute Gasteiger partial charge is 0.258 e. The predicted molar refractivity (Wildman–Crippen MR) is 135 cm³/mol. The molecule has 9 heteroatoms. The molecule has 0 unspecified atom stereocenters. The molecule has 2 aromatic carbocycles. The van der Waals surface area contributed by atoms with Gasteiger partial charge in [-0.2, -0.15) is 5.10 Å². The fourth-order valence-electron chi connectivity index (χ4n) is 3.44. The molecule has 1 fully saturated rings. The Morgan fingerprint density at radius 2 is 1.73 bits per heavy atom. The van der Waals surface area contributed by atoms with Crippen molar-refractivity contribution in [2.45, 2.75) is 43.9 Å². The highest BCUT2D eigenvalue weighted by Gasteiger charge is 2.15. The number of halogens is 2. The fourth-order valence-corrected chi connectivity index (χ4v) is 5.00. The zero-order chi connectivity index (χ0) is 23.5. The normalized spacial score (nSPS) is 14.2. The van der Waals surface area contributed by atoms with Gasteiger partial charge in [0.15, 0.2) is 6.61 Å². The second kappa shape index (κ2) is 13.5. The number of thioether (sulfide) groups is 1. The van der Waals surface area contributed by atoms with Gasteiger partial charge in [-0.05, 0) is 60.4 Å². The molecule has 1 aliphatic carbocycles. The van der Waals surface area contributed by atoms with Crippen LogP contribution in [0.1, 0.15) is 43.2 Å². The fraction of sp³-hybridized carbons (Fsp3) is 0.375. The number of hydrogen-bond donors (Lipinski definition) is 2. The minimum atomic E-state index is -0.219. The number of nitrogens with one attached hydrogen (secondary N) is 2. The molecule has 176 valence electrons. The van der Waals surface area contributed by atoms with Gasteiger partial charge in [0.1, 0.15) is 5.75 Å². The van der Waals surface area contributed by atoms with Crippen molar-refractivity contribution in [1.82, 2.24) is 10.7 Å². The number of carbonyl (C=O) groups excluding carboxylic acids is 2. The topological polar surface area (TPSA) is 79.8 Å². The van der Waals surface area contributed by atoms with Crippen LogP contribution < -0.4 is 15.5 Å². The number of hydrazone groups is 1. The largest absolute Gasteiger partial charge is 0.484 e. The molecule has 2 N–H and O–H groups in total. The van der Waals surface area contributed by atoms with E-state index >= 15 is 0 Å². The first kappa shape index (κ1) is 25.4. The molecule has 0 aromatic heterocycles. The highest BCUT2D eigenvalue weighted by atomic mass is 35.5. The molecule has 2 aromatic rings. The van der Waals surface area contributed by atoms with E-state index in [0.29, 0.717) is 21.5 Å². The third-order valence-corrected chi connectivity index (χ3v) is 6.83. The average molecular weight is 508 g/mol. The summed E-state index contributed by atoms with van der Waals surface area (Å²) in [6.45, 7) is -0.00291. The molecule has 0 bridgehead atoms. The first-order valence-electron chi connectivity index (χ1n) is 10.9. The van der Waals surface area contributed by atoms with Crippen LogP contribution in [0.15, 0.2) is 47.6 Å². The highest BCUT2D eigenvalue weighted by molar-refractivity contribution is 7.99. The van der Waals surface area contributed by atoms with Gasteiger partial charge in [-0.1, -0.05) is 48.5 Å². The van der Waals surface area contributed by atoms with E-state index in [-0.39, 0.29) is 30.2 Å². The molecular formula is C24H27Cl2N3O3S. The molecule has 6 nitrogen and oxygen atoms in total. The van der Waals surface area contributed by atoms with E-state index in [4.69, 9.17) is 27.9 Å². The van der Waals surface area contributed by atoms with Gasteiger partial charge in [-0.25, -0.2) is 5.43 Å². The summed E-state index contributed by atoms with van der Waals surface area (Å²) in [5, 5.41) is 8.18. The molecule has 0 aliphatic heterocycles. The van der Waals surface area contributed by atoms with Crippen molar-refractivity contribution in [2.24, 2.45) is 5.10 Å². The quantitative estimate of drug-likeness (QED) is 0.341. The zero-order valence-electron chi connectivity index (χ0n) is 18.2. The van der Waals surface area contributed by atoms with Crippen molar-refractivity contribution >= 4 is 53.0 Å². The zero-order valence-corrected chi connectivity index (χ0v) is 20.5. The molecule has 33 heavy (non-hydrogen) atoms. The van der Waals surface area contributed by atoms with Crippen LogP contribution in [-0.2, 0) is 15.3 Å². The van der Waals surface area contributed by atoms with Crippen molar-refractivity contribution in [1.29, 1.82) is 0 Å². The van der Waals surface area contributed by atoms with E-state index in [1.165, 1.54) is 31.0 Å². The first-order chi connectivity index (χ1) is 16.0. The maximum absolute atomic E-state index is 12.0. The molecule has 0 atom stereocenters. The van der Waals surface area contributed by atoms with E-state index in [1.807, 2.05) is 0 Å². The molecule has 3 rings (SSSR count). The third kappa shape index (κ3) is 8.91. The highest BCUT2D eigenvalue weighted by Crippen LogP contribution is 2.28. The summed E-state index contributed by atoms with van der Waals surface area (Å²) in [6, 6.07) is 12.7. The van der Waals surface area contributed by atoms with Crippen molar-refractivity contribution in [3.8, 4) is 5.75 Å². The van der Waals surface area contributed by atoms with Crippen molar-refractivity contribution in [2.75, 3.05) is 12.4 Å². The van der Waals surface area contributed by atoms with Gasteiger partial charge in [-0.3, -0.25) is 9.59 Å². The van der Waals surface area contributed by atoms with Crippen LogP contribution in [0.4, 0.5) is 0 Å². The second-order valence-electron chi connectivity index (χ2n) is 7.75. The minimum Gasteiger partial charge on any atom is -0.484 e. The van der Waals surface area contributed by atoms with E-state index in [9.17, 15) is 9.59 Å². The molecule has 1 aliphatic rings. The lowest BCUT2D eigenvalue weighted by Gasteiger charge is -2.22. The monoisotopic (exact) mass is 507 g/mol. The lowest BCUT2D eigenvalue weighted by molar-refractivity contribution is -0.124. The summed E-state index contributed by atoms with van der Waals surface area (Å²) in [7, 11) is 0. The van der Waals surface area contributed by atoms with Crippen LogP contribution in [0.2, 0.25) is 10.0 Å². The SMILES string of the molecule is O=C(CSCc1c(Cl)cccc1Cl)N/N=C\c1ccc(OCC(=O)NC2CCCCC2)cc1. The van der Waals surface area contributed by atoms with E-state index in [1.54, 1.807) is 48.7 Å². The van der Waals surface area contributed by atoms with Crippen molar-refractivity contribution in [3.05, 3.63) is 63.6 Å². The Kier molecular flexibility index (Phi) is 10.4. The maximum atomic E-state index is 12.0. The van der Waals surface area contributed by atoms with Gasteiger partial charge in [0, 0.05) is 21.8 Å². The Morgan fingerprint density at radius 1 is 1.03 bits per heavy atom. The number of amides is 2. The standard InChI is InChI=1S/C24H27Cl2N3O3S/c25-21-7-4-8-22(26)20(21)15-33-16-24(31)29-27-13-17-9-11-19(12-10-17)32-14-23(30)28-18-5-2-1-3-6-18/h4,7-13,18H,1-3,5-6,14-16H2,(H,28,30)(H,29,31)/b27-13-. The summed E-state index contributed by atoms with van der Waals surface area (Å²) in [5.74, 6) is 1.06. The van der Waals surface area contributed by atoms with E-state index < -0.39 is 0 Å². The molecule has 0 heterocycles. The minimum absolute atomic E-state index is 0.00291. The average Bonchev–Trinajstić information content (AvgIpc) is 2.81. The third-order valence-electron chi connectivity index (χ3n) is 5.16. The lowest BCUT2D eigenvalue weighted by atomic mass is 9.95. The van der Waals surface area contributed by atoms with Crippen LogP contribution in [0.5, 0.6) is 5.75 Å². The Hall–Kier alpha value is -2.22. The molecule has 0 spiro atoms. The van der Waals surface area contributed by atoms with Crippen LogP contribution in [0, 0.1) is 0 Å². The van der Waals surface area contributed by atoms with Crippen LogP contribution >= 0.6 is 35.0 Å². The van der Waals surface area contributed by atoms with Crippen molar-refractivity contribution in [3.63, 3.8) is 0 Å². The molecule has 0 saturated heterocycles. The van der Waals surface area contributed by atoms with Crippen LogP contribution in [-0.4, -0.2) is 36.4 Å². The van der Waals surface area contributed by atoms with Crippen LogP contribution in [0.3, 0.4) is 0 Å². The lowest BCUT2D eigenvalue weighted by Crippen LogP contribution is -2.38. The summed E-state index contributed by atoms with van der Waals surface area (Å²) < 4.78 is 5.56. The summed E-state index contributed by atoms with van der Waals surface area (Å²) in [5.41, 5.74) is 4.11. The molecule has 2 amide bonds. The number of nitrogens with zero attached hydrogens (tertiary/aromatic N) is 1. The summed E-state index contributed by atoms with van der Waals surface area (Å²) >= 11 is 13.7. The van der Waals surface area contributed by atoms with Gasteiger partial charge < -0.3 is 10.1 Å². The molecule has 1 saturated carbocycles.